The monoisotopic (exact) mass is 178 g/mol. The lowest BCUT2D eigenvalue weighted by Crippen LogP contribution is -2.18. The molecule has 0 aromatic rings. The molecule has 0 spiro atoms. The zero-order chi connectivity index (χ0) is 9.42. The lowest BCUT2D eigenvalue weighted by atomic mass is 9.83. The van der Waals surface area contributed by atoms with E-state index in [0.717, 1.165) is 24.0 Å². The molecule has 0 bridgehead atoms. The molecule has 0 fully saturated rings. The van der Waals surface area contributed by atoms with Crippen LogP contribution in [0.4, 0.5) is 0 Å². The van der Waals surface area contributed by atoms with Crippen molar-refractivity contribution >= 4 is 5.78 Å². The van der Waals surface area contributed by atoms with Gasteiger partial charge in [0.2, 0.25) is 0 Å². The quantitative estimate of drug-likeness (QED) is 0.617. The molecule has 0 aromatic carbocycles. The molecule has 0 unspecified atom stereocenters. The summed E-state index contributed by atoms with van der Waals surface area (Å²) >= 11 is 0. The van der Waals surface area contributed by atoms with Crippen LogP contribution < -0.4 is 0 Å². The Hall–Kier alpha value is -0.890. The minimum Gasteiger partial charge on any atom is -0.392 e. The first-order chi connectivity index (χ1) is 6.25. The third-order valence-corrected chi connectivity index (χ3v) is 3.19. The maximum absolute atomic E-state index is 11.7. The maximum atomic E-state index is 11.7. The molecule has 0 amide bonds. The summed E-state index contributed by atoms with van der Waals surface area (Å²) in [6.45, 7) is 1.88. The molecule has 0 aromatic heterocycles. The van der Waals surface area contributed by atoms with Crippen LogP contribution >= 0.6 is 0 Å². The summed E-state index contributed by atoms with van der Waals surface area (Å²) in [5.74, 6) is 0.545. The van der Waals surface area contributed by atoms with E-state index in [1.807, 2.05) is 13.0 Å². The number of carbonyl (C=O) groups excluding carboxylic acids is 1. The highest BCUT2D eigenvalue weighted by molar-refractivity contribution is 6.01. The molecule has 1 N–H and O–H groups in total. The van der Waals surface area contributed by atoms with Crippen LogP contribution in [0.1, 0.15) is 19.8 Å². The Kier molecular flexibility index (Phi) is 2.08. The Morgan fingerprint density at radius 1 is 1.62 bits per heavy atom. The van der Waals surface area contributed by atoms with Gasteiger partial charge in [-0.05, 0) is 36.8 Å². The summed E-state index contributed by atoms with van der Waals surface area (Å²) in [6.07, 6.45) is 6.13. The van der Waals surface area contributed by atoms with Crippen LogP contribution in [-0.2, 0) is 4.79 Å². The van der Waals surface area contributed by atoms with Gasteiger partial charge in [0, 0.05) is 5.92 Å². The number of carbonyl (C=O) groups is 1. The van der Waals surface area contributed by atoms with Crippen molar-refractivity contribution in [2.24, 2.45) is 11.8 Å². The predicted octanol–water partition coefficient (Wildman–Crippen LogP) is 1.46. The summed E-state index contributed by atoms with van der Waals surface area (Å²) in [5, 5.41) is 9.16. The zero-order valence-corrected chi connectivity index (χ0v) is 7.79. The minimum absolute atomic E-state index is 0.0379. The average molecular weight is 178 g/mol. The number of Topliss-reactive ketones (excluding diaryl/α,β-unsaturated/α-hetero) is 1. The van der Waals surface area contributed by atoms with E-state index in [1.165, 1.54) is 0 Å². The molecule has 0 radical (unpaired) electrons. The van der Waals surface area contributed by atoms with Crippen LogP contribution in [0.25, 0.3) is 0 Å². The number of fused-ring (bicyclic) bond motifs is 1. The molecule has 2 aliphatic carbocycles. The largest absolute Gasteiger partial charge is 0.392 e. The van der Waals surface area contributed by atoms with Gasteiger partial charge in [0.25, 0.3) is 0 Å². The van der Waals surface area contributed by atoms with E-state index in [-0.39, 0.29) is 18.3 Å². The highest BCUT2D eigenvalue weighted by atomic mass is 16.3. The van der Waals surface area contributed by atoms with Crippen molar-refractivity contribution in [3.8, 4) is 0 Å². The van der Waals surface area contributed by atoms with Crippen LogP contribution in [-0.4, -0.2) is 17.5 Å². The van der Waals surface area contributed by atoms with Gasteiger partial charge in [0.05, 0.1) is 6.61 Å². The molecule has 70 valence electrons. The first-order valence-corrected chi connectivity index (χ1v) is 4.77. The second-order valence-electron chi connectivity index (χ2n) is 3.81. The van der Waals surface area contributed by atoms with Gasteiger partial charge >= 0.3 is 0 Å². The smallest absolute Gasteiger partial charge is 0.166 e. The van der Waals surface area contributed by atoms with Gasteiger partial charge in [0.1, 0.15) is 0 Å². The Bertz CT molecular complexity index is 299. The molecular formula is C11H14O2. The summed E-state index contributed by atoms with van der Waals surface area (Å²) in [4.78, 5) is 11.7. The summed E-state index contributed by atoms with van der Waals surface area (Å²) in [7, 11) is 0. The molecule has 2 aliphatic rings. The van der Waals surface area contributed by atoms with Gasteiger partial charge in [-0.2, -0.15) is 0 Å². The Morgan fingerprint density at radius 3 is 3.08 bits per heavy atom. The molecular weight excluding hydrogens is 164 g/mol. The van der Waals surface area contributed by atoms with Crippen molar-refractivity contribution in [1.29, 1.82) is 0 Å². The van der Waals surface area contributed by atoms with Gasteiger partial charge in [-0.15, -0.1) is 0 Å². The molecule has 13 heavy (non-hydrogen) atoms. The fourth-order valence-corrected chi connectivity index (χ4v) is 2.42. The zero-order valence-electron chi connectivity index (χ0n) is 7.79. The van der Waals surface area contributed by atoms with Crippen molar-refractivity contribution in [3.05, 3.63) is 23.3 Å². The SMILES string of the molecule is CC1=C(CO)[C@H]2CCC=C[C@H]2C1=O. The Morgan fingerprint density at radius 2 is 2.38 bits per heavy atom. The molecule has 0 saturated heterocycles. The van der Waals surface area contributed by atoms with E-state index >= 15 is 0 Å². The number of aliphatic hydroxyl groups excluding tert-OH is 1. The van der Waals surface area contributed by atoms with Gasteiger partial charge in [-0.3, -0.25) is 4.79 Å². The highest BCUT2D eigenvalue weighted by Gasteiger charge is 2.38. The molecule has 2 heteroatoms. The lowest BCUT2D eigenvalue weighted by molar-refractivity contribution is -0.117. The number of ketones is 1. The van der Waals surface area contributed by atoms with Crippen molar-refractivity contribution in [2.45, 2.75) is 19.8 Å². The Labute approximate surface area is 78.0 Å². The van der Waals surface area contributed by atoms with Gasteiger partial charge < -0.3 is 5.11 Å². The van der Waals surface area contributed by atoms with Crippen LogP contribution in [0.2, 0.25) is 0 Å². The van der Waals surface area contributed by atoms with Crippen LogP contribution in [0.5, 0.6) is 0 Å². The first-order valence-electron chi connectivity index (χ1n) is 4.77. The second kappa shape index (κ2) is 3.11. The van der Waals surface area contributed by atoms with Crippen molar-refractivity contribution in [1.82, 2.24) is 0 Å². The van der Waals surface area contributed by atoms with Gasteiger partial charge in [-0.1, -0.05) is 12.2 Å². The van der Waals surface area contributed by atoms with Crippen LogP contribution in [0.15, 0.2) is 23.3 Å². The third kappa shape index (κ3) is 1.17. The minimum atomic E-state index is 0.0379. The first kappa shape index (κ1) is 8.70. The maximum Gasteiger partial charge on any atom is 0.166 e. The van der Waals surface area contributed by atoms with Gasteiger partial charge in [-0.25, -0.2) is 0 Å². The number of hydrogen-bond donors (Lipinski definition) is 1. The van der Waals surface area contributed by atoms with E-state index in [1.54, 1.807) is 0 Å². The molecule has 2 nitrogen and oxygen atoms in total. The summed E-state index contributed by atoms with van der Waals surface area (Å²) in [6, 6.07) is 0. The fourth-order valence-electron chi connectivity index (χ4n) is 2.42. The Balaban J connectivity index is 2.37. The molecule has 0 aliphatic heterocycles. The fraction of sp³-hybridized carbons (Fsp3) is 0.545. The molecule has 2 rings (SSSR count). The average Bonchev–Trinajstić information content (AvgIpc) is 2.41. The number of hydrogen-bond acceptors (Lipinski definition) is 2. The van der Waals surface area contributed by atoms with Crippen molar-refractivity contribution < 1.29 is 9.90 Å². The standard InChI is InChI=1S/C11H14O2/c1-7-10(6-12)8-4-2-3-5-9(8)11(7)13/h3,5,8-9,12H,2,4,6H2,1H3/t8-,9+/m0/s1. The topological polar surface area (TPSA) is 37.3 Å². The van der Waals surface area contributed by atoms with Crippen LogP contribution in [0, 0.1) is 11.8 Å². The normalized spacial score (nSPS) is 32.6. The van der Waals surface area contributed by atoms with Gasteiger partial charge in [0.15, 0.2) is 5.78 Å². The predicted molar refractivity (Wildman–Crippen MR) is 50.1 cm³/mol. The van der Waals surface area contributed by atoms with E-state index < -0.39 is 0 Å². The third-order valence-electron chi connectivity index (χ3n) is 3.19. The van der Waals surface area contributed by atoms with Crippen molar-refractivity contribution in [2.75, 3.05) is 6.61 Å². The van der Waals surface area contributed by atoms with Crippen LogP contribution in [0.3, 0.4) is 0 Å². The number of aliphatic hydroxyl groups is 1. The highest BCUT2D eigenvalue weighted by Crippen LogP contribution is 2.40. The van der Waals surface area contributed by atoms with Crippen molar-refractivity contribution in [3.63, 3.8) is 0 Å². The van der Waals surface area contributed by atoms with E-state index in [2.05, 4.69) is 6.08 Å². The molecule has 0 heterocycles. The summed E-state index contributed by atoms with van der Waals surface area (Å²) in [5.41, 5.74) is 1.77. The summed E-state index contributed by atoms with van der Waals surface area (Å²) < 4.78 is 0. The number of allylic oxidation sites excluding steroid dienone is 3. The van der Waals surface area contributed by atoms with E-state index in [0.29, 0.717) is 5.92 Å². The molecule has 0 saturated carbocycles. The second-order valence-corrected chi connectivity index (χ2v) is 3.81. The van der Waals surface area contributed by atoms with E-state index in [4.69, 9.17) is 5.11 Å². The lowest BCUT2D eigenvalue weighted by Gasteiger charge is -2.21. The van der Waals surface area contributed by atoms with E-state index in [9.17, 15) is 4.79 Å². The number of rotatable bonds is 1. The molecule has 2 atom stereocenters.